The Bertz CT molecular complexity index is 764. The summed E-state index contributed by atoms with van der Waals surface area (Å²) in [6.45, 7) is 8.92. The van der Waals surface area contributed by atoms with E-state index in [0.717, 1.165) is 11.8 Å². The van der Waals surface area contributed by atoms with Gasteiger partial charge < -0.3 is 19.0 Å². The van der Waals surface area contributed by atoms with Gasteiger partial charge in [0, 0.05) is 12.5 Å². The molecule has 1 unspecified atom stereocenters. The third-order valence-electron chi connectivity index (χ3n) is 3.27. The second-order valence-corrected chi connectivity index (χ2v) is 9.25. The predicted octanol–water partition coefficient (Wildman–Crippen LogP) is 2.98. The van der Waals surface area contributed by atoms with E-state index < -0.39 is 27.8 Å². The largest absolute Gasteiger partial charge is 0.463 e. The van der Waals surface area contributed by atoms with E-state index in [1.807, 2.05) is 0 Å². The second kappa shape index (κ2) is 9.77. The van der Waals surface area contributed by atoms with Crippen molar-refractivity contribution in [2.24, 2.45) is 0 Å². The predicted molar refractivity (Wildman–Crippen MR) is 105 cm³/mol. The van der Waals surface area contributed by atoms with Crippen LogP contribution in [-0.4, -0.2) is 45.0 Å². The second-order valence-electron chi connectivity index (χ2n) is 7.68. The standard InChI is InChI=1S/C19H29NO7S/c1-13(2)25-17(21)11-15(12-20-18(22)26-19(3,4)5)14-7-9-16(10-8-14)27-28(6,23)24/h7-10,13,15H,11-12H2,1-6H3,(H,20,22). The molecule has 8 nitrogen and oxygen atoms in total. The monoisotopic (exact) mass is 415 g/mol. The first-order chi connectivity index (χ1) is 12.7. The molecular weight excluding hydrogens is 386 g/mol. The number of carbonyl (C=O) groups excluding carboxylic acids is 2. The zero-order chi connectivity index (χ0) is 21.5. The van der Waals surface area contributed by atoms with Crippen LogP contribution in [0.1, 0.15) is 52.5 Å². The maximum Gasteiger partial charge on any atom is 0.407 e. The highest BCUT2D eigenvalue weighted by molar-refractivity contribution is 7.86. The van der Waals surface area contributed by atoms with Crippen LogP contribution in [0.25, 0.3) is 0 Å². The van der Waals surface area contributed by atoms with Gasteiger partial charge in [-0.2, -0.15) is 8.42 Å². The number of hydrogen-bond donors (Lipinski definition) is 1. The van der Waals surface area contributed by atoms with Crippen LogP contribution in [0.15, 0.2) is 24.3 Å². The number of esters is 1. The molecule has 0 radical (unpaired) electrons. The maximum atomic E-state index is 12.1. The van der Waals surface area contributed by atoms with E-state index in [-0.39, 0.29) is 30.7 Å². The highest BCUT2D eigenvalue weighted by atomic mass is 32.2. The van der Waals surface area contributed by atoms with Crippen molar-refractivity contribution in [1.82, 2.24) is 5.32 Å². The number of alkyl carbamates (subject to hydrolysis) is 1. The minimum atomic E-state index is -3.63. The molecule has 1 rings (SSSR count). The molecule has 0 heterocycles. The summed E-state index contributed by atoms with van der Waals surface area (Å²) < 4.78 is 37.6. The van der Waals surface area contributed by atoms with Crippen molar-refractivity contribution in [2.75, 3.05) is 12.8 Å². The summed E-state index contributed by atoms with van der Waals surface area (Å²) in [6, 6.07) is 6.27. The molecule has 28 heavy (non-hydrogen) atoms. The van der Waals surface area contributed by atoms with Crippen LogP contribution in [0.4, 0.5) is 4.79 Å². The fourth-order valence-electron chi connectivity index (χ4n) is 2.31. The molecule has 9 heteroatoms. The van der Waals surface area contributed by atoms with E-state index in [2.05, 4.69) is 5.32 Å². The summed E-state index contributed by atoms with van der Waals surface area (Å²) in [4.78, 5) is 24.0. The van der Waals surface area contributed by atoms with E-state index in [1.165, 1.54) is 12.1 Å². The summed E-state index contributed by atoms with van der Waals surface area (Å²) in [5, 5.41) is 2.65. The Hall–Kier alpha value is -2.29. The van der Waals surface area contributed by atoms with Crippen LogP contribution in [0, 0.1) is 0 Å². The minimum absolute atomic E-state index is 0.0419. The van der Waals surface area contributed by atoms with E-state index in [0.29, 0.717) is 0 Å². The van der Waals surface area contributed by atoms with Gasteiger partial charge in [0.15, 0.2) is 0 Å². The number of nitrogens with one attached hydrogen (secondary N) is 1. The third kappa shape index (κ3) is 10.1. The van der Waals surface area contributed by atoms with Crippen LogP contribution < -0.4 is 9.50 Å². The van der Waals surface area contributed by atoms with Crippen LogP contribution in [-0.2, 0) is 24.4 Å². The summed E-state index contributed by atoms with van der Waals surface area (Å²) in [7, 11) is -3.63. The molecule has 0 fully saturated rings. The van der Waals surface area contributed by atoms with Gasteiger partial charge >= 0.3 is 22.2 Å². The first kappa shape index (κ1) is 23.7. The molecule has 0 aliphatic heterocycles. The van der Waals surface area contributed by atoms with Crippen molar-refractivity contribution in [3.63, 3.8) is 0 Å². The Labute approximate surface area is 166 Å². The lowest BCUT2D eigenvalue weighted by Crippen LogP contribution is -2.35. The van der Waals surface area contributed by atoms with Gasteiger partial charge in [0.2, 0.25) is 0 Å². The normalized spacial score (nSPS) is 13.0. The minimum Gasteiger partial charge on any atom is -0.463 e. The quantitative estimate of drug-likeness (QED) is 0.513. The Morgan fingerprint density at radius 2 is 1.68 bits per heavy atom. The maximum absolute atomic E-state index is 12.1. The summed E-state index contributed by atoms with van der Waals surface area (Å²) in [5.74, 6) is -0.622. The van der Waals surface area contributed by atoms with E-state index in [1.54, 1.807) is 46.8 Å². The van der Waals surface area contributed by atoms with Gasteiger partial charge in [0.1, 0.15) is 11.4 Å². The Morgan fingerprint density at radius 3 is 2.14 bits per heavy atom. The Balaban J connectivity index is 2.90. The highest BCUT2D eigenvalue weighted by Crippen LogP contribution is 2.23. The van der Waals surface area contributed by atoms with Gasteiger partial charge in [-0.15, -0.1) is 0 Å². The molecule has 1 amide bonds. The Kier molecular flexibility index (Phi) is 8.29. The SMILES string of the molecule is CC(C)OC(=O)CC(CNC(=O)OC(C)(C)C)c1ccc(OS(C)(=O)=O)cc1. The summed E-state index contributed by atoms with van der Waals surface area (Å²) in [6.07, 6.45) is 0.153. The van der Waals surface area contributed by atoms with Crippen LogP contribution >= 0.6 is 0 Å². The molecule has 0 aromatic heterocycles. The lowest BCUT2D eigenvalue weighted by molar-refractivity contribution is -0.147. The van der Waals surface area contributed by atoms with E-state index in [4.69, 9.17) is 13.7 Å². The average Bonchev–Trinajstić information content (AvgIpc) is 2.48. The van der Waals surface area contributed by atoms with Gasteiger partial charge in [-0.05, 0) is 52.3 Å². The van der Waals surface area contributed by atoms with Gasteiger partial charge in [-0.3, -0.25) is 4.79 Å². The van der Waals surface area contributed by atoms with Crippen molar-refractivity contribution in [3.8, 4) is 5.75 Å². The van der Waals surface area contributed by atoms with E-state index in [9.17, 15) is 18.0 Å². The lowest BCUT2D eigenvalue weighted by atomic mass is 9.95. The summed E-state index contributed by atoms with van der Waals surface area (Å²) >= 11 is 0. The number of rotatable bonds is 8. The first-order valence-corrected chi connectivity index (χ1v) is 10.7. The number of hydrogen-bond acceptors (Lipinski definition) is 7. The molecule has 1 aromatic carbocycles. The number of benzene rings is 1. The number of carbonyl (C=O) groups is 2. The fourth-order valence-corrected chi connectivity index (χ4v) is 2.77. The van der Waals surface area contributed by atoms with Crippen molar-refractivity contribution in [3.05, 3.63) is 29.8 Å². The van der Waals surface area contributed by atoms with Gasteiger partial charge in [-0.25, -0.2) is 4.79 Å². The van der Waals surface area contributed by atoms with Crippen molar-refractivity contribution in [1.29, 1.82) is 0 Å². The zero-order valence-corrected chi connectivity index (χ0v) is 18.0. The highest BCUT2D eigenvalue weighted by Gasteiger charge is 2.21. The van der Waals surface area contributed by atoms with Crippen molar-refractivity contribution in [2.45, 2.75) is 58.7 Å². The summed E-state index contributed by atoms with van der Waals surface area (Å²) in [5.41, 5.74) is 0.0819. The molecule has 0 saturated carbocycles. The zero-order valence-electron chi connectivity index (χ0n) is 17.1. The first-order valence-electron chi connectivity index (χ1n) is 8.91. The number of ether oxygens (including phenoxy) is 2. The molecule has 0 aliphatic rings. The van der Waals surface area contributed by atoms with Crippen LogP contribution in [0.5, 0.6) is 5.75 Å². The molecular formula is C19H29NO7S. The van der Waals surface area contributed by atoms with Crippen molar-refractivity contribution >= 4 is 22.2 Å². The molecule has 1 N–H and O–H groups in total. The van der Waals surface area contributed by atoms with E-state index >= 15 is 0 Å². The molecule has 0 saturated heterocycles. The topological polar surface area (TPSA) is 108 Å². The molecule has 158 valence electrons. The lowest BCUT2D eigenvalue weighted by Gasteiger charge is -2.22. The van der Waals surface area contributed by atoms with Crippen LogP contribution in [0.2, 0.25) is 0 Å². The van der Waals surface area contributed by atoms with Gasteiger partial charge in [-0.1, -0.05) is 12.1 Å². The van der Waals surface area contributed by atoms with Crippen molar-refractivity contribution < 1.29 is 31.7 Å². The fraction of sp³-hybridized carbons (Fsp3) is 0.579. The van der Waals surface area contributed by atoms with Crippen LogP contribution in [0.3, 0.4) is 0 Å². The third-order valence-corrected chi connectivity index (χ3v) is 3.77. The average molecular weight is 416 g/mol. The molecule has 1 aromatic rings. The molecule has 0 spiro atoms. The van der Waals surface area contributed by atoms with Gasteiger partial charge in [0.25, 0.3) is 0 Å². The molecule has 0 aliphatic carbocycles. The molecule has 0 bridgehead atoms. The number of amides is 1. The smallest absolute Gasteiger partial charge is 0.407 e. The Morgan fingerprint density at radius 1 is 1.11 bits per heavy atom. The molecule has 1 atom stereocenters. The van der Waals surface area contributed by atoms with Gasteiger partial charge in [0.05, 0.1) is 18.8 Å².